The fraction of sp³-hybridized carbons (Fsp3) is 0.238. The van der Waals surface area contributed by atoms with Crippen LogP contribution in [-0.4, -0.2) is 30.6 Å². The lowest BCUT2D eigenvalue weighted by Gasteiger charge is -2.12. The number of carbonyl (C=O) groups excluding carboxylic acids is 2. The van der Waals surface area contributed by atoms with E-state index in [0.29, 0.717) is 21.6 Å². The second-order valence-corrected chi connectivity index (χ2v) is 6.22. The Morgan fingerprint density at radius 2 is 1.79 bits per heavy atom. The monoisotopic (exact) mass is 396 g/mol. The zero-order chi connectivity index (χ0) is 21.0. The molecule has 0 aliphatic carbocycles. The maximum atomic E-state index is 12.9. The minimum atomic E-state index is -0.846. The van der Waals surface area contributed by atoms with E-state index in [-0.39, 0.29) is 30.1 Å². The van der Waals surface area contributed by atoms with Crippen LogP contribution in [0.15, 0.2) is 42.5 Å². The minimum Gasteiger partial charge on any atom is -0.618 e. The number of rotatable bonds is 6. The first-order valence-electron chi connectivity index (χ1n) is 8.95. The third-order valence-corrected chi connectivity index (χ3v) is 4.23. The fourth-order valence-corrected chi connectivity index (χ4v) is 2.73. The molecule has 0 N–H and O–H groups in total. The molecule has 0 fully saturated rings. The van der Waals surface area contributed by atoms with Crippen LogP contribution in [0.2, 0.25) is 0 Å². The van der Waals surface area contributed by atoms with Crippen molar-refractivity contribution < 1.29 is 28.5 Å². The number of hydrogen-bond donors (Lipinski definition) is 0. The molecular formula is C21H20N2O6. The van der Waals surface area contributed by atoms with E-state index in [2.05, 4.69) is 4.98 Å². The largest absolute Gasteiger partial charge is 0.618 e. The molecule has 0 saturated carbocycles. The van der Waals surface area contributed by atoms with Gasteiger partial charge in [0, 0.05) is 0 Å². The van der Waals surface area contributed by atoms with Gasteiger partial charge in [-0.05, 0) is 38.1 Å². The van der Waals surface area contributed by atoms with E-state index in [0.717, 1.165) is 5.56 Å². The number of ether oxygens (including phenoxy) is 3. The normalized spacial score (nSPS) is 10.6. The summed E-state index contributed by atoms with van der Waals surface area (Å²) in [6.07, 6.45) is 0. The summed E-state index contributed by atoms with van der Waals surface area (Å²) in [4.78, 5) is 29.0. The van der Waals surface area contributed by atoms with E-state index >= 15 is 0 Å². The molecule has 3 rings (SSSR count). The van der Waals surface area contributed by atoms with Crippen molar-refractivity contribution in [3.8, 4) is 5.75 Å². The SMILES string of the molecule is CCOC(=O)c1c(COC(=O)c2ccc(C)cc2)nc2ccc(OC)cc2[n+]1[O-]. The Morgan fingerprint density at radius 1 is 1.07 bits per heavy atom. The average molecular weight is 396 g/mol. The van der Waals surface area contributed by atoms with Crippen LogP contribution in [0, 0.1) is 12.1 Å². The molecule has 0 radical (unpaired) electrons. The van der Waals surface area contributed by atoms with Crippen molar-refractivity contribution in [1.82, 2.24) is 4.98 Å². The molecule has 0 amide bonds. The molecule has 0 atom stereocenters. The van der Waals surface area contributed by atoms with E-state index in [1.165, 1.54) is 13.2 Å². The van der Waals surface area contributed by atoms with Gasteiger partial charge in [-0.15, -0.1) is 0 Å². The molecule has 29 heavy (non-hydrogen) atoms. The number of esters is 2. The molecule has 0 aliphatic rings. The Kier molecular flexibility index (Phi) is 5.92. The Bertz CT molecular complexity index is 1060. The summed E-state index contributed by atoms with van der Waals surface area (Å²) in [5.41, 5.74) is 1.51. The zero-order valence-corrected chi connectivity index (χ0v) is 16.3. The average Bonchev–Trinajstić information content (AvgIpc) is 2.72. The van der Waals surface area contributed by atoms with Crippen molar-refractivity contribution >= 4 is 23.0 Å². The highest BCUT2D eigenvalue weighted by Gasteiger charge is 2.28. The van der Waals surface area contributed by atoms with E-state index in [9.17, 15) is 14.8 Å². The number of aryl methyl sites for hydroxylation is 1. The highest BCUT2D eigenvalue weighted by atomic mass is 16.5. The van der Waals surface area contributed by atoms with Gasteiger partial charge in [0.2, 0.25) is 5.52 Å². The van der Waals surface area contributed by atoms with Crippen LogP contribution in [0.3, 0.4) is 0 Å². The number of carbonyl (C=O) groups is 2. The maximum absolute atomic E-state index is 12.9. The van der Waals surface area contributed by atoms with Crippen LogP contribution in [0.5, 0.6) is 5.75 Å². The molecule has 0 saturated heterocycles. The number of hydrogen-bond acceptors (Lipinski definition) is 7. The molecule has 8 heteroatoms. The molecule has 0 unspecified atom stereocenters. The van der Waals surface area contributed by atoms with Crippen molar-refractivity contribution in [2.75, 3.05) is 13.7 Å². The van der Waals surface area contributed by atoms with Crippen LogP contribution < -0.4 is 9.47 Å². The topological polar surface area (TPSA) is 102 Å². The van der Waals surface area contributed by atoms with E-state index in [1.807, 2.05) is 6.92 Å². The minimum absolute atomic E-state index is 0.0107. The lowest BCUT2D eigenvalue weighted by atomic mass is 10.1. The van der Waals surface area contributed by atoms with Gasteiger partial charge in [-0.2, -0.15) is 4.73 Å². The van der Waals surface area contributed by atoms with Crippen molar-refractivity contribution in [3.63, 3.8) is 0 Å². The van der Waals surface area contributed by atoms with Gasteiger partial charge in [0.1, 0.15) is 17.9 Å². The predicted octanol–water partition coefficient (Wildman–Crippen LogP) is 2.72. The number of nitrogens with zero attached hydrogens (tertiary/aromatic N) is 2. The van der Waals surface area contributed by atoms with Crippen LogP contribution in [0.25, 0.3) is 11.0 Å². The van der Waals surface area contributed by atoms with Crippen LogP contribution in [0.1, 0.15) is 39.0 Å². The summed E-state index contributed by atoms with van der Waals surface area (Å²) in [7, 11) is 1.47. The van der Waals surface area contributed by atoms with Gasteiger partial charge in [0.25, 0.3) is 0 Å². The van der Waals surface area contributed by atoms with Crippen molar-refractivity contribution in [3.05, 3.63) is 70.2 Å². The van der Waals surface area contributed by atoms with Gasteiger partial charge in [-0.25, -0.2) is 14.6 Å². The van der Waals surface area contributed by atoms with Crippen LogP contribution in [0.4, 0.5) is 0 Å². The number of aromatic nitrogens is 2. The van der Waals surface area contributed by atoms with Gasteiger partial charge < -0.3 is 19.4 Å². The van der Waals surface area contributed by atoms with Crippen molar-refractivity contribution in [2.45, 2.75) is 20.5 Å². The van der Waals surface area contributed by atoms with Gasteiger partial charge in [0.15, 0.2) is 5.69 Å². The molecule has 3 aromatic rings. The smallest absolute Gasteiger partial charge is 0.407 e. The van der Waals surface area contributed by atoms with Gasteiger partial charge in [-0.1, -0.05) is 17.7 Å². The van der Waals surface area contributed by atoms with Gasteiger partial charge in [0.05, 0.1) is 25.3 Å². The molecule has 150 valence electrons. The summed E-state index contributed by atoms with van der Waals surface area (Å²) < 4.78 is 15.8. The molecule has 1 aromatic heterocycles. The lowest BCUT2D eigenvalue weighted by Crippen LogP contribution is -2.39. The molecule has 0 bridgehead atoms. The summed E-state index contributed by atoms with van der Waals surface area (Å²) in [5.74, 6) is -0.993. The number of fused-ring (bicyclic) bond motifs is 1. The predicted molar refractivity (Wildman–Crippen MR) is 104 cm³/mol. The first-order chi connectivity index (χ1) is 13.9. The summed E-state index contributed by atoms with van der Waals surface area (Å²) in [6.45, 7) is 3.26. The molecule has 1 heterocycles. The summed E-state index contributed by atoms with van der Waals surface area (Å²) in [5, 5.41) is 12.9. The number of methoxy groups -OCH3 is 1. The Morgan fingerprint density at radius 3 is 2.45 bits per heavy atom. The summed E-state index contributed by atoms with van der Waals surface area (Å²) >= 11 is 0. The second-order valence-electron chi connectivity index (χ2n) is 6.22. The lowest BCUT2D eigenvalue weighted by molar-refractivity contribution is -0.581. The quantitative estimate of drug-likeness (QED) is 0.359. The second kappa shape index (κ2) is 8.55. The van der Waals surface area contributed by atoms with Crippen molar-refractivity contribution in [2.24, 2.45) is 0 Å². The standard InChI is InChI=1S/C21H20N2O6/c1-4-28-21(25)19-17(12-29-20(24)14-7-5-13(2)6-8-14)22-16-10-9-15(27-3)11-18(16)23(19)26/h5-11H,4,12H2,1-3H3. The van der Waals surface area contributed by atoms with E-state index in [4.69, 9.17) is 14.2 Å². The van der Waals surface area contributed by atoms with Crippen molar-refractivity contribution in [1.29, 1.82) is 0 Å². The number of benzene rings is 2. The fourth-order valence-electron chi connectivity index (χ4n) is 2.73. The highest BCUT2D eigenvalue weighted by Crippen LogP contribution is 2.19. The third-order valence-electron chi connectivity index (χ3n) is 4.23. The molecular weight excluding hydrogens is 376 g/mol. The highest BCUT2D eigenvalue weighted by molar-refractivity contribution is 5.90. The Labute approximate surface area is 167 Å². The molecule has 2 aromatic carbocycles. The molecule has 0 aliphatic heterocycles. The van der Waals surface area contributed by atoms with Crippen LogP contribution in [-0.2, 0) is 16.1 Å². The first kappa shape index (κ1) is 20.1. The summed E-state index contributed by atoms with van der Waals surface area (Å²) in [6, 6.07) is 11.5. The maximum Gasteiger partial charge on any atom is 0.407 e. The zero-order valence-electron chi connectivity index (χ0n) is 16.3. The van der Waals surface area contributed by atoms with Crippen LogP contribution >= 0.6 is 0 Å². The third kappa shape index (κ3) is 4.26. The molecule has 0 spiro atoms. The van der Waals surface area contributed by atoms with E-state index in [1.54, 1.807) is 43.3 Å². The molecule has 8 nitrogen and oxygen atoms in total. The Balaban J connectivity index is 1.98. The van der Waals surface area contributed by atoms with Gasteiger partial charge >= 0.3 is 17.6 Å². The van der Waals surface area contributed by atoms with Gasteiger partial charge in [-0.3, -0.25) is 0 Å². The Hall–Kier alpha value is -3.68. The first-order valence-corrected chi connectivity index (χ1v) is 8.95. The van der Waals surface area contributed by atoms with E-state index < -0.39 is 11.9 Å².